The van der Waals surface area contributed by atoms with Crippen molar-refractivity contribution in [2.24, 2.45) is 0 Å². The van der Waals surface area contributed by atoms with Crippen molar-refractivity contribution < 1.29 is 4.42 Å². The molecule has 0 aliphatic rings. The number of benzene rings is 8. The fourth-order valence-corrected chi connectivity index (χ4v) is 7.64. The van der Waals surface area contributed by atoms with Crippen LogP contribution in [0.5, 0.6) is 0 Å². The minimum atomic E-state index is 0.907. The summed E-state index contributed by atoms with van der Waals surface area (Å²) in [7, 11) is 0. The second-order valence-electron chi connectivity index (χ2n) is 14.2. The fraction of sp³-hybridized carbons (Fsp3) is 0.0370. The molecule has 0 unspecified atom stereocenters. The van der Waals surface area contributed by atoms with E-state index in [1.54, 1.807) is 0 Å². The third kappa shape index (κ3) is 7.27. The Morgan fingerprint density at radius 3 is 1.23 bits per heavy atom. The zero-order valence-electron chi connectivity index (χ0n) is 32.1. The molecule has 0 saturated carbocycles. The Morgan fingerprint density at radius 2 is 0.754 bits per heavy atom. The number of furan rings is 1. The van der Waals surface area contributed by atoms with Crippen molar-refractivity contribution in [2.75, 3.05) is 9.80 Å². The zero-order chi connectivity index (χ0) is 38.6. The number of nitrogens with zero attached hydrogens (tertiary/aromatic N) is 2. The lowest BCUT2D eigenvalue weighted by molar-refractivity contribution is 0.601. The number of para-hydroxylation sites is 3. The van der Waals surface area contributed by atoms with E-state index >= 15 is 0 Å². The van der Waals surface area contributed by atoms with E-state index in [0.29, 0.717) is 0 Å². The van der Waals surface area contributed by atoms with Gasteiger partial charge in [-0.1, -0.05) is 127 Å². The molecule has 274 valence electrons. The van der Waals surface area contributed by atoms with Crippen LogP contribution in [-0.4, -0.2) is 0 Å². The predicted molar refractivity (Wildman–Crippen MR) is 241 cm³/mol. The van der Waals surface area contributed by atoms with Crippen LogP contribution >= 0.6 is 0 Å². The zero-order valence-corrected chi connectivity index (χ0v) is 32.1. The van der Waals surface area contributed by atoms with Gasteiger partial charge in [0.05, 0.1) is 0 Å². The van der Waals surface area contributed by atoms with Gasteiger partial charge in [-0.3, -0.25) is 0 Å². The summed E-state index contributed by atoms with van der Waals surface area (Å²) in [5.74, 6) is 0.911. The van der Waals surface area contributed by atoms with Gasteiger partial charge < -0.3 is 14.2 Å². The maximum absolute atomic E-state index is 6.12. The van der Waals surface area contributed by atoms with E-state index in [4.69, 9.17) is 4.42 Å². The van der Waals surface area contributed by atoms with Crippen molar-refractivity contribution in [1.82, 2.24) is 0 Å². The van der Waals surface area contributed by atoms with Crippen LogP contribution in [0.4, 0.5) is 34.1 Å². The maximum Gasteiger partial charge on any atom is 0.135 e. The Morgan fingerprint density at radius 1 is 0.368 bits per heavy atom. The summed E-state index contributed by atoms with van der Waals surface area (Å²) in [6, 6.07) is 73.4. The van der Waals surface area contributed by atoms with Gasteiger partial charge in [-0.15, -0.1) is 0 Å². The van der Waals surface area contributed by atoms with Crippen molar-refractivity contribution in [2.45, 2.75) is 13.8 Å². The molecular weight excluding hydrogens is 693 g/mol. The van der Waals surface area contributed by atoms with Crippen LogP contribution in [0.2, 0.25) is 0 Å². The second-order valence-corrected chi connectivity index (χ2v) is 14.2. The molecule has 9 aromatic rings. The molecule has 0 fully saturated rings. The fourth-order valence-electron chi connectivity index (χ4n) is 7.64. The highest BCUT2D eigenvalue weighted by atomic mass is 16.3. The van der Waals surface area contributed by atoms with Crippen molar-refractivity contribution in [3.8, 4) is 33.4 Å². The summed E-state index contributed by atoms with van der Waals surface area (Å²) in [6.45, 7) is 4.14. The SMILES string of the molecule is C/C=C\c1oc2ccc(-c3cccc(N(c4ccccc4)c4ccc(-c5ccc(-c6ccc(N(c7ccccc7)c7ccccc7)cc6)cc5)cc4)c3)cc2c1C. The van der Waals surface area contributed by atoms with E-state index < -0.39 is 0 Å². The number of hydrogen-bond acceptors (Lipinski definition) is 3. The van der Waals surface area contributed by atoms with Crippen molar-refractivity contribution >= 4 is 51.2 Å². The van der Waals surface area contributed by atoms with Gasteiger partial charge in [0.25, 0.3) is 0 Å². The lowest BCUT2D eigenvalue weighted by Gasteiger charge is -2.26. The van der Waals surface area contributed by atoms with Gasteiger partial charge in [-0.25, -0.2) is 0 Å². The molecule has 0 atom stereocenters. The standard InChI is InChI=1S/C54H42N2O/c1-3-14-53-39(2)52-38-45(31-36-54(52)57-53)44-15-13-22-51(37-44)56(48-20-11-6-12-21-48)50-34-29-43(30-35-50)41-25-23-40(24-26-41)42-27-32-49(33-28-42)55(46-16-7-4-8-17-46)47-18-9-5-10-19-47/h3-38H,1-2H3/b14-3-. The van der Waals surface area contributed by atoms with Crippen molar-refractivity contribution in [3.05, 3.63) is 224 Å². The number of hydrogen-bond donors (Lipinski definition) is 0. The molecule has 0 N–H and O–H groups in total. The second kappa shape index (κ2) is 15.8. The van der Waals surface area contributed by atoms with Gasteiger partial charge in [-0.05, 0) is 138 Å². The first-order chi connectivity index (χ1) is 28.1. The molecule has 57 heavy (non-hydrogen) atoms. The highest BCUT2D eigenvalue weighted by Crippen LogP contribution is 2.39. The van der Waals surface area contributed by atoms with Gasteiger partial charge in [0.15, 0.2) is 0 Å². The number of rotatable bonds is 10. The topological polar surface area (TPSA) is 19.6 Å². The Labute approximate surface area is 335 Å². The van der Waals surface area contributed by atoms with Crippen LogP contribution in [0.25, 0.3) is 50.4 Å². The molecule has 1 aromatic heterocycles. The number of allylic oxidation sites excluding steroid dienone is 1. The average Bonchev–Trinajstić information content (AvgIpc) is 3.59. The van der Waals surface area contributed by atoms with E-state index in [-0.39, 0.29) is 0 Å². The first-order valence-electron chi connectivity index (χ1n) is 19.5. The Kier molecular flexibility index (Phi) is 9.79. The largest absolute Gasteiger partial charge is 0.456 e. The normalized spacial score (nSPS) is 11.3. The van der Waals surface area contributed by atoms with Crippen LogP contribution in [0.3, 0.4) is 0 Å². The molecule has 1 heterocycles. The van der Waals surface area contributed by atoms with Crippen molar-refractivity contribution in [1.29, 1.82) is 0 Å². The summed E-state index contributed by atoms with van der Waals surface area (Å²) in [5.41, 5.74) is 15.8. The van der Waals surface area contributed by atoms with E-state index in [0.717, 1.165) is 67.5 Å². The summed E-state index contributed by atoms with van der Waals surface area (Å²) in [4.78, 5) is 4.61. The van der Waals surface area contributed by atoms with Gasteiger partial charge in [0.2, 0.25) is 0 Å². The van der Waals surface area contributed by atoms with Crippen LogP contribution in [0, 0.1) is 6.92 Å². The molecule has 8 aromatic carbocycles. The average molecular weight is 735 g/mol. The van der Waals surface area contributed by atoms with E-state index in [1.807, 2.05) is 19.1 Å². The van der Waals surface area contributed by atoms with Crippen LogP contribution in [-0.2, 0) is 0 Å². The van der Waals surface area contributed by atoms with Crippen LogP contribution < -0.4 is 9.80 Å². The maximum atomic E-state index is 6.12. The molecule has 0 radical (unpaired) electrons. The van der Waals surface area contributed by atoms with E-state index in [2.05, 4.69) is 223 Å². The predicted octanol–water partition coefficient (Wildman–Crippen LogP) is 15.7. The lowest BCUT2D eigenvalue weighted by Crippen LogP contribution is -2.09. The first kappa shape index (κ1) is 35.3. The van der Waals surface area contributed by atoms with E-state index in [1.165, 1.54) is 22.3 Å². The molecular formula is C54H42N2O. The molecule has 0 saturated heterocycles. The summed E-state index contributed by atoms with van der Waals surface area (Å²) < 4.78 is 6.12. The molecule has 3 nitrogen and oxygen atoms in total. The van der Waals surface area contributed by atoms with Crippen LogP contribution in [0.1, 0.15) is 18.2 Å². The van der Waals surface area contributed by atoms with Gasteiger partial charge >= 0.3 is 0 Å². The smallest absolute Gasteiger partial charge is 0.135 e. The highest BCUT2D eigenvalue weighted by Gasteiger charge is 2.16. The van der Waals surface area contributed by atoms with E-state index in [9.17, 15) is 0 Å². The van der Waals surface area contributed by atoms with Crippen molar-refractivity contribution in [3.63, 3.8) is 0 Å². The molecule has 0 aliphatic heterocycles. The summed E-state index contributed by atoms with van der Waals surface area (Å²) in [5, 5.41) is 1.14. The number of aryl methyl sites for hydroxylation is 1. The molecule has 3 heteroatoms. The Hall–Kier alpha value is -7.36. The van der Waals surface area contributed by atoms with Gasteiger partial charge in [-0.2, -0.15) is 0 Å². The minimum absolute atomic E-state index is 0.907. The lowest BCUT2D eigenvalue weighted by atomic mass is 9.99. The number of fused-ring (bicyclic) bond motifs is 1. The quantitative estimate of drug-likeness (QED) is 0.139. The molecule has 0 amide bonds. The third-order valence-corrected chi connectivity index (χ3v) is 10.6. The molecule has 0 aliphatic carbocycles. The number of anilines is 6. The van der Waals surface area contributed by atoms with Gasteiger partial charge in [0.1, 0.15) is 11.3 Å². The summed E-state index contributed by atoms with van der Waals surface area (Å²) in [6.07, 6.45) is 4.05. The first-order valence-corrected chi connectivity index (χ1v) is 19.5. The molecule has 0 spiro atoms. The van der Waals surface area contributed by atoms with Crippen LogP contribution in [0.15, 0.2) is 217 Å². The Balaban J connectivity index is 0.975. The molecule has 9 rings (SSSR count). The monoisotopic (exact) mass is 734 g/mol. The summed E-state index contributed by atoms with van der Waals surface area (Å²) >= 11 is 0. The highest BCUT2D eigenvalue weighted by molar-refractivity contribution is 5.90. The third-order valence-electron chi connectivity index (χ3n) is 10.6. The Bertz CT molecular complexity index is 2730. The molecule has 0 bridgehead atoms. The minimum Gasteiger partial charge on any atom is -0.456 e. The van der Waals surface area contributed by atoms with Gasteiger partial charge in [0, 0.05) is 45.1 Å².